The first-order valence-corrected chi connectivity index (χ1v) is 7.32. The van der Waals surface area contributed by atoms with E-state index in [9.17, 15) is 4.39 Å². The molecule has 0 saturated heterocycles. The third kappa shape index (κ3) is 2.44. The molecule has 1 unspecified atom stereocenters. The fourth-order valence-corrected chi connectivity index (χ4v) is 2.73. The lowest BCUT2D eigenvalue weighted by Crippen LogP contribution is -1.96. The molecule has 0 N–H and O–H groups in total. The summed E-state index contributed by atoms with van der Waals surface area (Å²) < 4.78 is 16.1. The molecule has 0 aliphatic heterocycles. The Bertz CT molecular complexity index is 789. The van der Waals surface area contributed by atoms with E-state index < -0.39 is 0 Å². The zero-order valence-electron chi connectivity index (χ0n) is 12.6. The quantitative estimate of drug-likeness (QED) is 0.668. The minimum Gasteiger partial charge on any atom is -0.275 e. The van der Waals surface area contributed by atoms with Crippen LogP contribution in [0.4, 0.5) is 4.39 Å². The predicted octanol–water partition coefficient (Wildman–Crippen LogP) is 4.89. The SMILES string of the molecule is CCC(C)c1ccc(-c2cccc3nn(C)cc23)cc1F. The normalized spacial score (nSPS) is 12.8. The average molecular weight is 282 g/mol. The first-order valence-electron chi connectivity index (χ1n) is 7.32. The van der Waals surface area contributed by atoms with Gasteiger partial charge in [-0.1, -0.05) is 38.1 Å². The van der Waals surface area contributed by atoms with Gasteiger partial charge in [0.2, 0.25) is 0 Å². The maximum absolute atomic E-state index is 14.4. The number of hydrogen-bond donors (Lipinski definition) is 0. The first kappa shape index (κ1) is 13.8. The third-order valence-corrected chi connectivity index (χ3v) is 4.12. The Labute approximate surface area is 124 Å². The van der Waals surface area contributed by atoms with E-state index in [0.29, 0.717) is 0 Å². The fraction of sp³-hybridized carbons (Fsp3) is 0.278. The highest BCUT2D eigenvalue weighted by atomic mass is 19.1. The molecule has 0 saturated carbocycles. The smallest absolute Gasteiger partial charge is 0.127 e. The molecule has 0 spiro atoms. The minimum atomic E-state index is -0.122. The number of benzene rings is 2. The summed E-state index contributed by atoms with van der Waals surface area (Å²) in [5.74, 6) is 0.121. The van der Waals surface area contributed by atoms with Crippen LogP contribution in [0.5, 0.6) is 0 Å². The van der Waals surface area contributed by atoms with Crippen molar-refractivity contribution in [2.75, 3.05) is 0 Å². The van der Waals surface area contributed by atoms with Crippen LogP contribution in [0.3, 0.4) is 0 Å². The second kappa shape index (κ2) is 5.32. The molecule has 2 aromatic carbocycles. The van der Waals surface area contributed by atoms with Gasteiger partial charge < -0.3 is 0 Å². The maximum atomic E-state index is 14.4. The van der Waals surface area contributed by atoms with Crippen molar-refractivity contribution in [2.45, 2.75) is 26.2 Å². The molecule has 0 fully saturated rings. The molecule has 3 aromatic rings. The number of aromatic nitrogens is 2. The van der Waals surface area contributed by atoms with E-state index in [-0.39, 0.29) is 11.7 Å². The van der Waals surface area contributed by atoms with Crippen molar-refractivity contribution < 1.29 is 4.39 Å². The molecule has 1 atom stereocenters. The van der Waals surface area contributed by atoms with Crippen LogP contribution in [0.1, 0.15) is 31.7 Å². The van der Waals surface area contributed by atoms with Crippen molar-refractivity contribution in [3.63, 3.8) is 0 Å². The Kier molecular flexibility index (Phi) is 3.50. The van der Waals surface area contributed by atoms with E-state index in [0.717, 1.165) is 34.0 Å². The number of rotatable bonds is 3. The van der Waals surface area contributed by atoms with Crippen molar-refractivity contribution in [1.29, 1.82) is 0 Å². The van der Waals surface area contributed by atoms with Gasteiger partial charge in [-0.2, -0.15) is 5.10 Å². The van der Waals surface area contributed by atoms with Gasteiger partial charge in [0.15, 0.2) is 0 Å². The fourth-order valence-electron chi connectivity index (χ4n) is 2.73. The van der Waals surface area contributed by atoms with Crippen LogP contribution in [0.25, 0.3) is 22.0 Å². The summed E-state index contributed by atoms with van der Waals surface area (Å²) in [6.07, 6.45) is 2.92. The molecule has 0 bridgehead atoms. The Hall–Kier alpha value is -2.16. The molecule has 0 aliphatic carbocycles. The molecule has 1 aromatic heterocycles. The van der Waals surface area contributed by atoms with E-state index in [2.05, 4.69) is 18.9 Å². The van der Waals surface area contributed by atoms with Gasteiger partial charge in [0.1, 0.15) is 5.82 Å². The van der Waals surface area contributed by atoms with Gasteiger partial charge in [0, 0.05) is 18.6 Å². The molecule has 0 aliphatic rings. The highest BCUT2D eigenvalue weighted by Gasteiger charge is 2.12. The van der Waals surface area contributed by atoms with Crippen LogP contribution in [-0.2, 0) is 7.05 Å². The lowest BCUT2D eigenvalue weighted by molar-refractivity contribution is 0.584. The highest BCUT2D eigenvalue weighted by Crippen LogP contribution is 2.31. The van der Waals surface area contributed by atoms with Crippen molar-refractivity contribution in [2.24, 2.45) is 7.05 Å². The Balaban J connectivity index is 2.13. The van der Waals surface area contributed by atoms with Gasteiger partial charge in [-0.05, 0) is 41.2 Å². The summed E-state index contributed by atoms with van der Waals surface area (Å²) in [6, 6.07) is 11.5. The number of fused-ring (bicyclic) bond motifs is 1. The Morgan fingerprint density at radius 3 is 2.76 bits per heavy atom. The van der Waals surface area contributed by atoms with E-state index >= 15 is 0 Å². The van der Waals surface area contributed by atoms with E-state index in [1.165, 1.54) is 0 Å². The molecule has 1 heterocycles. The van der Waals surface area contributed by atoms with Crippen molar-refractivity contribution in [3.8, 4) is 11.1 Å². The number of nitrogens with zero attached hydrogens (tertiary/aromatic N) is 2. The van der Waals surface area contributed by atoms with Gasteiger partial charge >= 0.3 is 0 Å². The monoisotopic (exact) mass is 282 g/mol. The Morgan fingerprint density at radius 1 is 1.24 bits per heavy atom. The van der Waals surface area contributed by atoms with E-state index in [1.807, 2.05) is 43.6 Å². The van der Waals surface area contributed by atoms with Crippen LogP contribution in [0, 0.1) is 5.82 Å². The average Bonchev–Trinajstić information content (AvgIpc) is 2.86. The summed E-state index contributed by atoms with van der Waals surface area (Å²) in [7, 11) is 1.90. The summed E-state index contributed by atoms with van der Waals surface area (Å²) in [4.78, 5) is 0. The molecule has 0 amide bonds. The molecular weight excluding hydrogens is 263 g/mol. The van der Waals surface area contributed by atoms with Gasteiger partial charge in [0.25, 0.3) is 0 Å². The summed E-state index contributed by atoms with van der Waals surface area (Å²) in [6.45, 7) is 4.13. The zero-order chi connectivity index (χ0) is 15.0. The molecule has 0 radical (unpaired) electrons. The zero-order valence-corrected chi connectivity index (χ0v) is 12.6. The molecule has 21 heavy (non-hydrogen) atoms. The second-order valence-electron chi connectivity index (χ2n) is 5.59. The van der Waals surface area contributed by atoms with E-state index in [4.69, 9.17) is 0 Å². The summed E-state index contributed by atoms with van der Waals surface area (Å²) in [5.41, 5.74) is 3.65. The number of aryl methyl sites for hydroxylation is 1. The van der Waals surface area contributed by atoms with Crippen molar-refractivity contribution in [1.82, 2.24) is 9.78 Å². The molecule has 108 valence electrons. The predicted molar refractivity (Wildman–Crippen MR) is 84.8 cm³/mol. The standard InChI is InChI=1S/C18H19FN2/c1-4-12(2)14-9-8-13(10-17(14)19)15-6-5-7-18-16(15)11-21(3)20-18/h5-12H,4H2,1-3H3. The van der Waals surface area contributed by atoms with Crippen molar-refractivity contribution in [3.05, 3.63) is 54.0 Å². The van der Waals surface area contributed by atoms with Gasteiger partial charge in [-0.3, -0.25) is 4.68 Å². The molecule has 3 rings (SSSR count). The van der Waals surface area contributed by atoms with Crippen molar-refractivity contribution >= 4 is 10.9 Å². The summed E-state index contributed by atoms with van der Waals surface area (Å²) >= 11 is 0. The lowest BCUT2D eigenvalue weighted by atomic mass is 9.94. The lowest BCUT2D eigenvalue weighted by Gasteiger charge is -2.12. The molecular formula is C18H19FN2. The third-order valence-electron chi connectivity index (χ3n) is 4.12. The largest absolute Gasteiger partial charge is 0.275 e. The second-order valence-corrected chi connectivity index (χ2v) is 5.59. The number of hydrogen-bond acceptors (Lipinski definition) is 1. The first-order chi connectivity index (χ1) is 10.1. The van der Waals surface area contributed by atoms with E-state index in [1.54, 1.807) is 10.7 Å². The van der Waals surface area contributed by atoms with Crippen LogP contribution in [-0.4, -0.2) is 9.78 Å². The topological polar surface area (TPSA) is 17.8 Å². The van der Waals surface area contributed by atoms with Crippen LogP contribution < -0.4 is 0 Å². The van der Waals surface area contributed by atoms with Gasteiger partial charge in [-0.15, -0.1) is 0 Å². The van der Waals surface area contributed by atoms with Gasteiger partial charge in [0.05, 0.1) is 5.52 Å². The van der Waals surface area contributed by atoms with Crippen LogP contribution in [0.2, 0.25) is 0 Å². The maximum Gasteiger partial charge on any atom is 0.127 e. The molecule has 3 heteroatoms. The van der Waals surface area contributed by atoms with Crippen LogP contribution in [0.15, 0.2) is 42.6 Å². The summed E-state index contributed by atoms with van der Waals surface area (Å²) in [5, 5.41) is 5.46. The highest BCUT2D eigenvalue weighted by molar-refractivity contribution is 5.94. The number of halogens is 1. The van der Waals surface area contributed by atoms with Crippen LogP contribution >= 0.6 is 0 Å². The van der Waals surface area contributed by atoms with Gasteiger partial charge in [-0.25, -0.2) is 4.39 Å². The minimum absolute atomic E-state index is 0.122. The Morgan fingerprint density at radius 2 is 2.05 bits per heavy atom. The molecule has 2 nitrogen and oxygen atoms in total.